The minimum atomic E-state index is -1.12. The Balaban J connectivity index is 2.11. The molecule has 0 aliphatic rings. The molecular formula is C23H21F3. The Labute approximate surface area is 152 Å². The van der Waals surface area contributed by atoms with Gasteiger partial charge in [0.15, 0.2) is 11.6 Å². The third-order valence-electron chi connectivity index (χ3n) is 4.69. The number of fused-ring (bicyclic) bond motifs is 1. The van der Waals surface area contributed by atoms with Crippen LogP contribution in [0.1, 0.15) is 31.4 Å². The Hall–Kier alpha value is -2.55. The number of allylic oxidation sites excluding steroid dienone is 2. The van der Waals surface area contributed by atoms with Gasteiger partial charge in [0.1, 0.15) is 5.82 Å². The number of hydrogen-bond donors (Lipinski definition) is 0. The minimum absolute atomic E-state index is 0.152. The fraction of sp³-hybridized carbons (Fsp3) is 0.217. The Morgan fingerprint density at radius 1 is 0.885 bits per heavy atom. The first-order valence-corrected chi connectivity index (χ1v) is 8.86. The van der Waals surface area contributed by atoms with Crippen molar-refractivity contribution < 1.29 is 13.2 Å². The molecule has 134 valence electrons. The molecule has 0 unspecified atom stereocenters. The van der Waals surface area contributed by atoms with Gasteiger partial charge in [-0.3, -0.25) is 0 Å². The van der Waals surface area contributed by atoms with E-state index in [-0.39, 0.29) is 10.9 Å². The van der Waals surface area contributed by atoms with Crippen molar-refractivity contribution in [2.45, 2.75) is 33.1 Å². The molecule has 0 N–H and O–H groups in total. The Kier molecular flexibility index (Phi) is 5.46. The zero-order chi connectivity index (χ0) is 18.7. The molecule has 3 rings (SSSR count). The molecule has 0 aromatic heterocycles. The lowest BCUT2D eigenvalue weighted by atomic mass is 9.96. The van der Waals surface area contributed by atoms with E-state index in [1.807, 2.05) is 38.1 Å². The van der Waals surface area contributed by atoms with Gasteiger partial charge in [-0.05, 0) is 54.3 Å². The summed E-state index contributed by atoms with van der Waals surface area (Å²) in [6.07, 6.45) is 5.78. The maximum absolute atomic E-state index is 14.7. The summed E-state index contributed by atoms with van der Waals surface area (Å²) in [5.41, 5.74) is 2.25. The highest BCUT2D eigenvalue weighted by molar-refractivity contribution is 5.89. The average Bonchev–Trinajstić information content (AvgIpc) is 2.66. The molecule has 0 fully saturated rings. The van der Waals surface area contributed by atoms with Gasteiger partial charge in [-0.15, -0.1) is 0 Å². The summed E-state index contributed by atoms with van der Waals surface area (Å²) in [4.78, 5) is 0. The molecule has 0 radical (unpaired) electrons. The normalized spacial score (nSPS) is 11.6. The Morgan fingerprint density at radius 2 is 1.62 bits per heavy atom. The van der Waals surface area contributed by atoms with Gasteiger partial charge in [0.2, 0.25) is 0 Å². The molecule has 26 heavy (non-hydrogen) atoms. The van der Waals surface area contributed by atoms with Gasteiger partial charge in [-0.2, -0.15) is 0 Å². The largest absolute Gasteiger partial charge is 0.206 e. The molecule has 0 aliphatic heterocycles. The van der Waals surface area contributed by atoms with E-state index >= 15 is 0 Å². The predicted molar refractivity (Wildman–Crippen MR) is 102 cm³/mol. The van der Waals surface area contributed by atoms with Crippen molar-refractivity contribution in [1.82, 2.24) is 0 Å². The zero-order valence-electron chi connectivity index (χ0n) is 15.0. The van der Waals surface area contributed by atoms with Crippen molar-refractivity contribution in [2.24, 2.45) is 0 Å². The number of halogens is 3. The molecule has 0 nitrogen and oxygen atoms in total. The molecule has 3 aromatic rings. The minimum Gasteiger partial charge on any atom is -0.206 e. The Morgan fingerprint density at radius 3 is 2.27 bits per heavy atom. The first kappa shape index (κ1) is 18.2. The average molecular weight is 354 g/mol. The zero-order valence-corrected chi connectivity index (χ0v) is 15.0. The lowest BCUT2D eigenvalue weighted by molar-refractivity contribution is 0.513. The first-order chi connectivity index (χ1) is 12.6. The van der Waals surface area contributed by atoms with Gasteiger partial charge in [-0.1, -0.05) is 55.5 Å². The summed E-state index contributed by atoms with van der Waals surface area (Å²) in [5, 5.41) is 0.0974. The van der Waals surface area contributed by atoms with E-state index in [9.17, 15) is 13.2 Å². The fourth-order valence-electron chi connectivity index (χ4n) is 3.15. The molecular weight excluding hydrogens is 333 g/mol. The quantitative estimate of drug-likeness (QED) is 0.433. The molecule has 0 amide bonds. The van der Waals surface area contributed by atoms with Crippen molar-refractivity contribution in [3.05, 3.63) is 83.2 Å². The van der Waals surface area contributed by atoms with Crippen molar-refractivity contribution in [1.29, 1.82) is 0 Å². The summed E-state index contributed by atoms with van der Waals surface area (Å²) >= 11 is 0. The van der Waals surface area contributed by atoms with Crippen molar-refractivity contribution in [3.8, 4) is 11.1 Å². The van der Waals surface area contributed by atoms with Crippen LogP contribution in [0.3, 0.4) is 0 Å². The van der Waals surface area contributed by atoms with Gasteiger partial charge in [-0.25, -0.2) is 13.2 Å². The van der Waals surface area contributed by atoms with Gasteiger partial charge >= 0.3 is 0 Å². The molecule has 3 aromatic carbocycles. The summed E-state index contributed by atoms with van der Waals surface area (Å²) in [6, 6.07) is 12.2. The van der Waals surface area contributed by atoms with Gasteiger partial charge in [0.25, 0.3) is 0 Å². The number of rotatable bonds is 5. The van der Waals surface area contributed by atoms with Crippen LogP contribution in [0.25, 0.3) is 21.9 Å². The summed E-state index contributed by atoms with van der Waals surface area (Å²) in [6.45, 7) is 3.92. The maximum Gasteiger partial charge on any atom is 0.170 e. The van der Waals surface area contributed by atoms with Crippen LogP contribution in [0.15, 0.2) is 54.6 Å². The molecule has 0 saturated carbocycles. The number of aryl methyl sites for hydroxylation is 2. The van der Waals surface area contributed by atoms with E-state index in [2.05, 4.69) is 0 Å². The molecule has 3 heteroatoms. The Bertz CT molecular complexity index is 954. The SMILES string of the molecule is C/C=C/CCc1ccc2cc(-c3ccc(CC)cc3)c(F)c(F)c2c1F. The second-order valence-corrected chi connectivity index (χ2v) is 6.35. The standard InChI is InChI=1S/C23H21F3/c1-3-5-6-7-17-12-13-18-14-19(16-10-8-15(4-2)9-11-16)22(25)23(26)20(18)21(17)24/h3,5,8-14H,4,6-7H2,1-2H3/b5-3+. The van der Waals surface area contributed by atoms with Crippen LogP contribution in [0.5, 0.6) is 0 Å². The lowest BCUT2D eigenvalue weighted by Gasteiger charge is -2.11. The third-order valence-corrected chi connectivity index (χ3v) is 4.69. The topological polar surface area (TPSA) is 0 Å². The summed E-state index contributed by atoms with van der Waals surface area (Å²) in [5.74, 6) is -2.80. The van der Waals surface area contributed by atoms with Gasteiger partial charge in [0, 0.05) is 5.56 Å². The third kappa shape index (κ3) is 3.39. The highest BCUT2D eigenvalue weighted by Crippen LogP contribution is 2.33. The predicted octanol–water partition coefficient (Wildman–Crippen LogP) is 7.00. The second kappa shape index (κ2) is 7.77. The van der Waals surface area contributed by atoms with Crippen LogP contribution in [0, 0.1) is 17.5 Å². The monoisotopic (exact) mass is 354 g/mol. The molecule has 0 saturated heterocycles. The second-order valence-electron chi connectivity index (χ2n) is 6.35. The van der Waals surface area contributed by atoms with E-state index < -0.39 is 17.5 Å². The van der Waals surface area contributed by atoms with Gasteiger partial charge in [0.05, 0.1) is 5.39 Å². The van der Waals surface area contributed by atoms with E-state index in [4.69, 9.17) is 0 Å². The van der Waals surface area contributed by atoms with E-state index in [1.54, 1.807) is 24.3 Å². The lowest BCUT2D eigenvalue weighted by Crippen LogP contribution is -1.98. The first-order valence-electron chi connectivity index (χ1n) is 8.86. The van der Waals surface area contributed by atoms with Crippen LogP contribution in [-0.4, -0.2) is 0 Å². The number of hydrogen-bond acceptors (Lipinski definition) is 0. The molecule has 0 aliphatic carbocycles. The van der Waals surface area contributed by atoms with Crippen LogP contribution in [-0.2, 0) is 12.8 Å². The van der Waals surface area contributed by atoms with Crippen molar-refractivity contribution >= 4 is 10.8 Å². The van der Waals surface area contributed by atoms with Crippen LogP contribution in [0.4, 0.5) is 13.2 Å². The molecule has 0 spiro atoms. The highest BCUT2D eigenvalue weighted by atomic mass is 19.2. The van der Waals surface area contributed by atoms with Crippen molar-refractivity contribution in [3.63, 3.8) is 0 Å². The summed E-state index contributed by atoms with van der Waals surface area (Å²) < 4.78 is 44.1. The van der Waals surface area contributed by atoms with Gasteiger partial charge < -0.3 is 0 Å². The van der Waals surface area contributed by atoms with E-state index in [0.29, 0.717) is 29.4 Å². The molecule has 0 heterocycles. The molecule has 0 bridgehead atoms. The maximum atomic E-state index is 14.7. The fourth-order valence-corrected chi connectivity index (χ4v) is 3.15. The van der Waals surface area contributed by atoms with E-state index in [0.717, 1.165) is 12.0 Å². The highest BCUT2D eigenvalue weighted by Gasteiger charge is 2.19. The van der Waals surface area contributed by atoms with Crippen LogP contribution < -0.4 is 0 Å². The van der Waals surface area contributed by atoms with Crippen LogP contribution >= 0.6 is 0 Å². The molecule has 0 atom stereocenters. The van der Waals surface area contributed by atoms with Crippen molar-refractivity contribution in [2.75, 3.05) is 0 Å². The van der Waals surface area contributed by atoms with Crippen LogP contribution in [0.2, 0.25) is 0 Å². The van der Waals surface area contributed by atoms with E-state index in [1.165, 1.54) is 6.07 Å². The number of benzene rings is 3. The summed E-state index contributed by atoms with van der Waals surface area (Å²) in [7, 11) is 0. The smallest absolute Gasteiger partial charge is 0.170 e.